The molecule has 0 radical (unpaired) electrons. The third-order valence-corrected chi connectivity index (χ3v) is 10.5. The predicted molar refractivity (Wildman–Crippen MR) is 199 cm³/mol. The van der Waals surface area contributed by atoms with Crippen molar-refractivity contribution in [3.63, 3.8) is 0 Å². The molecule has 4 aromatic rings. The minimum absolute atomic E-state index is 0.0151. The fraction of sp³-hybridized carbons (Fsp3) is 0.606. The van der Waals surface area contributed by atoms with E-state index in [0.717, 1.165) is 35.5 Å². The molecule has 3 fully saturated rings. The van der Waals surface area contributed by atoms with Crippen LogP contribution in [-0.4, -0.2) is 107 Å². The first-order chi connectivity index (χ1) is 26.6. The van der Waals surface area contributed by atoms with Gasteiger partial charge in [-0.3, -0.25) is 33.1 Å². The molecule has 0 saturated carbocycles. The standard InChI is InChI=1S/C13H16N4O4S.C10H12N4O4S.C10H16O5/c1-3-7-4-8(20-6(2)18)11(21-7)17-10-9(22-13(17)19)5-15-12(14)16-10;11-9-12-2-6-7(13-9)14(10(17)19-6)8-5(16)1-4(3-15)18-8;1-4-8-5-9(13-6(2)11)10(15-8)14-7(3)12/h5,7-8,11H,3-4H2,1-2H3,(H2,14,15,16);2,4-5,8,15-16H,1,3H2,(H2,11,12,13);8-10H,4-5H2,1-3H3/t7-,8-,11-;4-,5+,8+;8-,9-,10-/m101/s1. The highest BCUT2D eigenvalue weighted by atomic mass is 32.1. The maximum atomic E-state index is 12.3. The van der Waals surface area contributed by atoms with E-state index in [1.807, 2.05) is 13.8 Å². The average Bonchev–Trinajstić information content (AvgIpc) is 3.94. The Morgan fingerprint density at radius 2 is 1.21 bits per heavy atom. The first-order valence-corrected chi connectivity index (χ1v) is 19.3. The number of aliphatic hydroxyl groups is 2. The molecule has 0 spiro atoms. The second-order valence-electron chi connectivity index (χ2n) is 12.9. The van der Waals surface area contributed by atoms with Crippen molar-refractivity contribution in [2.24, 2.45) is 0 Å². The zero-order valence-corrected chi connectivity index (χ0v) is 32.8. The summed E-state index contributed by atoms with van der Waals surface area (Å²) in [6.45, 7) is 7.70. The van der Waals surface area contributed by atoms with Gasteiger partial charge in [0.2, 0.25) is 18.2 Å². The fourth-order valence-corrected chi connectivity index (χ4v) is 7.94. The van der Waals surface area contributed by atoms with Crippen LogP contribution in [0, 0.1) is 0 Å². The van der Waals surface area contributed by atoms with Crippen molar-refractivity contribution in [3.05, 3.63) is 31.7 Å². The van der Waals surface area contributed by atoms with Gasteiger partial charge in [-0.05, 0) is 12.8 Å². The normalized spacial score (nSPS) is 26.9. The smallest absolute Gasteiger partial charge is 0.311 e. The summed E-state index contributed by atoms with van der Waals surface area (Å²) in [5, 5.41) is 19.0. The number of aliphatic hydroxyl groups excluding tert-OH is 2. The summed E-state index contributed by atoms with van der Waals surface area (Å²) in [6.07, 6.45) is 1.19. The number of carbonyl (C=O) groups excluding carboxylic acids is 3. The lowest BCUT2D eigenvalue weighted by Crippen LogP contribution is -2.30. The van der Waals surface area contributed by atoms with Crippen molar-refractivity contribution in [1.29, 1.82) is 0 Å². The summed E-state index contributed by atoms with van der Waals surface area (Å²) in [5.74, 6) is -1.11. The predicted octanol–water partition coefficient (Wildman–Crippen LogP) is 1.15. The quantitative estimate of drug-likeness (QED) is 0.143. The van der Waals surface area contributed by atoms with Gasteiger partial charge < -0.3 is 50.1 Å². The van der Waals surface area contributed by atoms with Gasteiger partial charge in [0.15, 0.2) is 29.9 Å². The molecule has 0 aromatic carbocycles. The number of rotatable bonds is 8. The summed E-state index contributed by atoms with van der Waals surface area (Å²) in [5.41, 5.74) is 11.9. The number of carbonyl (C=O) groups is 3. The number of anilines is 2. The van der Waals surface area contributed by atoms with Gasteiger partial charge in [-0.15, -0.1) is 0 Å². The highest BCUT2D eigenvalue weighted by Crippen LogP contribution is 2.35. The van der Waals surface area contributed by atoms with Crippen LogP contribution >= 0.6 is 22.7 Å². The van der Waals surface area contributed by atoms with E-state index in [0.29, 0.717) is 33.5 Å². The Hall–Kier alpha value is -4.65. The van der Waals surface area contributed by atoms with Gasteiger partial charge in [-0.25, -0.2) is 9.97 Å². The highest BCUT2D eigenvalue weighted by molar-refractivity contribution is 7.16. The molecule has 306 valence electrons. The van der Waals surface area contributed by atoms with Crippen molar-refractivity contribution < 1.29 is 53.0 Å². The monoisotopic (exact) mass is 824 g/mol. The van der Waals surface area contributed by atoms with E-state index >= 15 is 0 Å². The molecule has 0 amide bonds. The maximum absolute atomic E-state index is 12.3. The van der Waals surface area contributed by atoms with E-state index < -0.39 is 61.1 Å². The van der Waals surface area contributed by atoms with Crippen LogP contribution in [0.5, 0.6) is 0 Å². The molecule has 0 aliphatic carbocycles. The first kappa shape index (κ1) is 42.5. The molecule has 23 heteroatoms. The second kappa shape index (κ2) is 18.5. The lowest BCUT2D eigenvalue weighted by atomic mass is 10.1. The van der Waals surface area contributed by atoms with Gasteiger partial charge in [0, 0.05) is 40.0 Å². The SMILES string of the molecule is CC[C@@H]1C[C@@H](OC(C)=O)[C@H](OC(C)=O)O1.CC[C@@H]1C[C@@H](OC(C)=O)[C@H](n2c(=O)sc3cnc(N)nc32)O1.Nc1ncc2sc(=O)n([C@@H]3O[C@H](CO)C[C@H]3O)c2n1. The molecule has 3 saturated heterocycles. The van der Waals surface area contributed by atoms with Gasteiger partial charge in [-0.2, -0.15) is 9.97 Å². The van der Waals surface area contributed by atoms with Gasteiger partial charge in [0.1, 0.15) is 12.2 Å². The number of nitrogens with zero attached hydrogens (tertiary/aromatic N) is 6. The van der Waals surface area contributed by atoms with Gasteiger partial charge in [0.25, 0.3) is 0 Å². The largest absolute Gasteiger partial charge is 0.458 e. The minimum atomic E-state index is -0.871. The molecular weight excluding hydrogens is 781 g/mol. The number of hydrogen-bond donors (Lipinski definition) is 4. The molecular formula is C33H44N8O13S2. The second-order valence-corrected chi connectivity index (χ2v) is 14.9. The zero-order chi connectivity index (χ0) is 40.8. The van der Waals surface area contributed by atoms with E-state index in [-0.39, 0.29) is 46.9 Å². The average molecular weight is 825 g/mol. The molecule has 7 rings (SSSR count). The van der Waals surface area contributed by atoms with Crippen LogP contribution in [0.1, 0.15) is 79.2 Å². The molecule has 9 atom stereocenters. The highest BCUT2D eigenvalue weighted by Gasteiger charge is 2.41. The van der Waals surface area contributed by atoms with E-state index in [9.17, 15) is 29.1 Å². The number of aromatic nitrogens is 6. The van der Waals surface area contributed by atoms with Gasteiger partial charge in [-0.1, -0.05) is 36.5 Å². The molecule has 21 nitrogen and oxygen atoms in total. The molecule has 3 aliphatic heterocycles. The summed E-state index contributed by atoms with van der Waals surface area (Å²) in [4.78, 5) is 72.5. The number of hydrogen-bond acceptors (Lipinski definition) is 21. The summed E-state index contributed by atoms with van der Waals surface area (Å²) in [6, 6.07) is 0. The minimum Gasteiger partial charge on any atom is -0.458 e. The Morgan fingerprint density at radius 3 is 1.70 bits per heavy atom. The summed E-state index contributed by atoms with van der Waals surface area (Å²) < 4.78 is 35.9. The third kappa shape index (κ3) is 10.0. The molecule has 6 N–H and O–H groups in total. The van der Waals surface area contributed by atoms with Crippen LogP contribution < -0.4 is 21.2 Å². The number of nitrogen functional groups attached to an aromatic ring is 2. The number of esters is 3. The Bertz CT molecular complexity index is 2120. The lowest BCUT2D eigenvalue weighted by molar-refractivity contribution is -0.194. The van der Waals surface area contributed by atoms with E-state index in [2.05, 4.69) is 19.9 Å². The van der Waals surface area contributed by atoms with E-state index in [1.165, 1.54) is 42.3 Å². The number of nitrogens with two attached hydrogens (primary N) is 2. The third-order valence-electron chi connectivity index (χ3n) is 8.73. The first-order valence-electron chi connectivity index (χ1n) is 17.7. The van der Waals surface area contributed by atoms with Crippen LogP contribution in [0.25, 0.3) is 20.7 Å². The molecule has 4 aromatic heterocycles. The fourth-order valence-electron chi connectivity index (χ4n) is 6.30. The van der Waals surface area contributed by atoms with E-state index in [4.69, 9.17) is 45.0 Å². The van der Waals surface area contributed by atoms with Crippen LogP contribution in [0.15, 0.2) is 22.0 Å². The van der Waals surface area contributed by atoms with Crippen molar-refractivity contribution in [2.45, 2.75) is 122 Å². The van der Waals surface area contributed by atoms with Crippen LogP contribution in [0.2, 0.25) is 0 Å². The summed E-state index contributed by atoms with van der Waals surface area (Å²) >= 11 is 1.97. The molecule has 56 heavy (non-hydrogen) atoms. The Labute approximate surface area is 326 Å². The lowest BCUT2D eigenvalue weighted by Gasteiger charge is -2.19. The van der Waals surface area contributed by atoms with Gasteiger partial charge in [0.05, 0.1) is 46.7 Å². The van der Waals surface area contributed by atoms with Crippen molar-refractivity contribution in [1.82, 2.24) is 29.1 Å². The Kier molecular flexibility index (Phi) is 14.1. The van der Waals surface area contributed by atoms with Gasteiger partial charge >= 0.3 is 27.7 Å². The molecule has 0 bridgehead atoms. The molecule has 7 heterocycles. The van der Waals surface area contributed by atoms with Crippen LogP contribution in [0.4, 0.5) is 11.9 Å². The van der Waals surface area contributed by atoms with Crippen molar-refractivity contribution >= 4 is 73.2 Å². The number of ether oxygens (including phenoxy) is 6. The topological polar surface area (TPSA) is 295 Å². The Balaban J connectivity index is 0.000000164. The summed E-state index contributed by atoms with van der Waals surface area (Å²) in [7, 11) is 0. The van der Waals surface area contributed by atoms with Crippen molar-refractivity contribution in [3.8, 4) is 0 Å². The molecule has 3 aliphatic rings. The number of fused-ring (bicyclic) bond motifs is 2. The molecule has 0 unspecified atom stereocenters. The zero-order valence-electron chi connectivity index (χ0n) is 31.1. The van der Waals surface area contributed by atoms with Crippen molar-refractivity contribution in [2.75, 3.05) is 18.1 Å². The van der Waals surface area contributed by atoms with Crippen LogP contribution in [0.3, 0.4) is 0 Å². The maximum Gasteiger partial charge on any atom is 0.311 e. The van der Waals surface area contributed by atoms with Crippen LogP contribution in [-0.2, 0) is 42.8 Å². The van der Waals surface area contributed by atoms with E-state index in [1.54, 1.807) is 0 Å². The number of thiazole rings is 2. The Morgan fingerprint density at radius 1 is 0.750 bits per heavy atom.